The molecule has 9 atom stereocenters. The van der Waals surface area contributed by atoms with Crippen molar-refractivity contribution < 1.29 is 63.0 Å². The number of hydrogen-bond acceptors (Lipinski definition) is 15. The van der Waals surface area contributed by atoms with Gasteiger partial charge in [0.15, 0.2) is 11.9 Å². The number of hydrogen-bond donors (Lipinski definition) is 16. The lowest BCUT2D eigenvalue weighted by molar-refractivity contribution is -0.143. The van der Waals surface area contributed by atoms with Crippen molar-refractivity contribution in [2.75, 3.05) is 25.1 Å². The molecule has 0 aromatic rings. The van der Waals surface area contributed by atoms with Gasteiger partial charge in [-0.1, -0.05) is 27.7 Å². The van der Waals surface area contributed by atoms with Gasteiger partial charge in [0.25, 0.3) is 0 Å². The van der Waals surface area contributed by atoms with E-state index in [2.05, 4.69) is 52.5 Å². The first-order valence-electron chi connectivity index (χ1n) is 24.0. The molecule has 0 heterocycles. The predicted molar refractivity (Wildman–Crippen MR) is 275 cm³/mol. The Balaban J connectivity index is 6.57. The summed E-state index contributed by atoms with van der Waals surface area (Å²) >= 11 is 1.50. The number of amides is 9. The average Bonchev–Trinajstić information content (AvgIpc) is 3.30. The number of nitrogens with one attached hydrogen (secondary N) is 8. The van der Waals surface area contributed by atoms with Gasteiger partial charge in [-0.05, 0) is 89.1 Å². The van der Waals surface area contributed by atoms with Crippen LogP contribution in [0.15, 0.2) is 9.98 Å². The molecule has 0 aliphatic carbocycles. The number of carbonyl (C=O) groups is 11. The number of aliphatic imine (C=N–C) groups is 2. The number of primary amides is 1. The minimum atomic E-state index is -1.72. The maximum absolute atomic E-state index is 14.0. The molecule has 0 radical (unpaired) electrons. The van der Waals surface area contributed by atoms with E-state index >= 15 is 0 Å². The van der Waals surface area contributed by atoms with Crippen molar-refractivity contribution in [1.29, 1.82) is 0 Å². The summed E-state index contributed by atoms with van der Waals surface area (Å²) in [4.78, 5) is 151. The number of guanidine groups is 2. The summed E-state index contributed by atoms with van der Waals surface area (Å²) in [6.07, 6.45) is 0.0812. The smallest absolute Gasteiger partial charge is 0.326 e. The largest absolute Gasteiger partial charge is 0.481 e. The van der Waals surface area contributed by atoms with E-state index in [1.165, 1.54) is 25.6 Å². The molecule has 0 aliphatic rings. The van der Waals surface area contributed by atoms with E-state index in [-0.39, 0.29) is 63.0 Å². The zero-order valence-electron chi connectivity index (χ0n) is 43.2. The van der Waals surface area contributed by atoms with Gasteiger partial charge in [-0.2, -0.15) is 11.8 Å². The van der Waals surface area contributed by atoms with Crippen molar-refractivity contribution in [3.05, 3.63) is 0 Å². The van der Waals surface area contributed by atoms with Crippen LogP contribution in [0.2, 0.25) is 0 Å². The van der Waals surface area contributed by atoms with E-state index < -0.39 is 151 Å². The van der Waals surface area contributed by atoms with Crippen LogP contribution in [0.1, 0.15) is 106 Å². The van der Waals surface area contributed by atoms with Gasteiger partial charge in [0.1, 0.15) is 48.3 Å². The third kappa shape index (κ3) is 28.3. The van der Waals surface area contributed by atoms with E-state index in [0.717, 1.165) is 0 Å². The lowest BCUT2D eigenvalue weighted by Crippen LogP contribution is -2.60. The molecule has 0 aromatic heterocycles. The molecule has 0 fully saturated rings. The summed E-state index contributed by atoms with van der Waals surface area (Å²) in [5, 5.41) is 38.9. The highest BCUT2D eigenvalue weighted by molar-refractivity contribution is 7.98. The van der Waals surface area contributed by atoms with Crippen LogP contribution in [0.25, 0.3) is 0 Å². The Bertz CT molecular complexity index is 1980. The molecule has 74 heavy (non-hydrogen) atoms. The zero-order valence-corrected chi connectivity index (χ0v) is 44.0. The summed E-state index contributed by atoms with van der Waals surface area (Å²) < 4.78 is 0. The normalized spacial score (nSPS) is 14.6. The van der Waals surface area contributed by atoms with E-state index in [0.29, 0.717) is 12.2 Å². The van der Waals surface area contributed by atoms with Crippen molar-refractivity contribution in [2.45, 2.75) is 160 Å². The van der Waals surface area contributed by atoms with E-state index in [1.807, 2.05) is 20.1 Å². The van der Waals surface area contributed by atoms with Crippen molar-refractivity contribution in [1.82, 2.24) is 42.5 Å². The Kier molecular flexibility index (Phi) is 31.9. The van der Waals surface area contributed by atoms with Crippen LogP contribution in [0.4, 0.5) is 0 Å². The number of aliphatic carboxylic acids is 2. The fourth-order valence-corrected chi connectivity index (χ4v) is 7.15. The molecule has 0 saturated heterocycles. The molecular weight excluding hydrogens is 993 g/mol. The Morgan fingerprint density at radius 3 is 1.26 bits per heavy atom. The first-order chi connectivity index (χ1) is 34.5. The number of carboxylic acids is 2. The second-order valence-electron chi connectivity index (χ2n) is 18.2. The fraction of sp³-hybridized carbons (Fsp3) is 0.705. The lowest BCUT2D eigenvalue weighted by atomic mass is 10.0. The second-order valence-corrected chi connectivity index (χ2v) is 19.2. The molecule has 0 spiro atoms. The maximum Gasteiger partial charge on any atom is 0.326 e. The zero-order chi connectivity index (χ0) is 56.8. The van der Waals surface area contributed by atoms with Gasteiger partial charge in [-0.3, -0.25) is 57.9 Å². The fourth-order valence-electron chi connectivity index (χ4n) is 6.66. The molecule has 29 nitrogen and oxygen atoms in total. The van der Waals surface area contributed by atoms with Crippen LogP contribution in [0, 0.1) is 11.8 Å². The number of nitrogens with two attached hydrogens (primary N) is 6. The molecule has 0 unspecified atom stereocenters. The van der Waals surface area contributed by atoms with Gasteiger partial charge < -0.3 is 87.1 Å². The Morgan fingerprint density at radius 2 is 0.865 bits per heavy atom. The molecule has 30 heteroatoms. The standard InChI is InChI=1S/C44H80N16O13S/c1-21(2)20-30(59-36(66)25(45)16-19-74-7)41(71)54-23(5)34(64)53-24(6)35(65)55-28(12-14-31(46)61)38(68)58-29(13-15-32(62)63)39(69)56-26(10-8-17-51-43(47)48)37(67)57-27(11-9-18-52-44(49)50)40(70)60-33(22(3)4)42(72)73/h21-30,33H,8-20,45H2,1-7H3,(H2,46,61)(H,53,64)(H,54,71)(H,55,65)(H,56,69)(H,57,67)(H,58,68)(H,59,66)(H,60,70)(H,62,63)(H,72,73)(H4,47,48,51)(H4,49,50,52)/t23-,24-,25-,26-,27-,28-,29-,30-,33-/m0/s1. The molecule has 22 N–H and O–H groups in total. The highest BCUT2D eigenvalue weighted by atomic mass is 32.2. The van der Waals surface area contributed by atoms with Gasteiger partial charge in [0.2, 0.25) is 53.2 Å². The van der Waals surface area contributed by atoms with E-state index in [4.69, 9.17) is 34.4 Å². The van der Waals surface area contributed by atoms with Crippen LogP contribution < -0.4 is 76.9 Å². The molecule has 0 rings (SSSR count). The SMILES string of the molecule is CSCC[C@H](N)C(=O)N[C@@H](CC(C)C)C(=O)N[C@@H](C)C(=O)N[C@@H](C)C(=O)N[C@@H](CCC(N)=O)C(=O)N[C@@H](CCC(=O)O)C(=O)N[C@@H](CCCN=C(N)N)C(=O)N[C@@H](CCCN=C(N)N)C(=O)N[C@H](C(=O)O)C(C)C. The summed E-state index contributed by atoms with van der Waals surface area (Å²) in [6, 6.07) is -12.2. The van der Waals surface area contributed by atoms with Crippen molar-refractivity contribution in [3.8, 4) is 0 Å². The Labute approximate surface area is 434 Å². The maximum atomic E-state index is 14.0. The quantitative estimate of drug-likeness (QED) is 0.0157. The van der Waals surface area contributed by atoms with E-state index in [9.17, 15) is 63.0 Å². The van der Waals surface area contributed by atoms with Gasteiger partial charge in [-0.15, -0.1) is 0 Å². The lowest BCUT2D eigenvalue weighted by Gasteiger charge is -2.27. The average molecular weight is 1070 g/mol. The van der Waals surface area contributed by atoms with Gasteiger partial charge >= 0.3 is 11.9 Å². The van der Waals surface area contributed by atoms with Gasteiger partial charge in [0.05, 0.1) is 6.04 Å². The number of carboxylic acid groups (broad SMARTS) is 2. The first-order valence-corrected chi connectivity index (χ1v) is 25.4. The monoisotopic (exact) mass is 1070 g/mol. The molecule has 0 bridgehead atoms. The highest BCUT2D eigenvalue weighted by Crippen LogP contribution is 2.11. The van der Waals surface area contributed by atoms with E-state index in [1.54, 1.807) is 13.8 Å². The molecule has 0 saturated carbocycles. The van der Waals surface area contributed by atoms with Crippen molar-refractivity contribution in [2.24, 2.45) is 56.2 Å². The van der Waals surface area contributed by atoms with Gasteiger partial charge in [0, 0.05) is 25.9 Å². The number of nitrogens with zero attached hydrogens (tertiary/aromatic N) is 2. The minimum Gasteiger partial charge on any atom is -0.481 e. The molecule has 0 aliphatic heterocycles. The molecule has 0 aromatic carbocycles. The minimum absolute atomic E-state index is 0.0168. The second kappa shape index (κ2) is 35.2. The summed E-state index contributed by atoms with van der Waals surface area (Å²) in [6.45, 7) is 9.31. The third-order valence-electron chi connectivity index (χ3n) is 10.8. The summed E-state index contributed by atoms with van der Waals surface area (Å²) in [5.74, 6) is -11.3. The van der Waals surface area contributed by atoms with Crippen LogP contribution in [-0.4, -0.2) is 167 Å². The Morgan fingerprint density at radius 1 is 0.486 bits per heavy atom. The summed E-state index contributed by atoms with van der Waals surface area (Å²) in [7, 11) is 0. The third-order valence-corrected chi connectivity index (χ3v) is 11.4. The molecule has 420 valence electrons. The Hall–Kier alpha value is -6.98. The topological polar surface area (TPSA) is 505 Å². The van der Waals surface area contributed by atoms with Crippen molar-refractivity contribution >= 4 is 88.8 Å². The van der Waals surface area contributed by atoms with Crippen LogP contribution in [0.3, 0.4) is 0 Å². The molecular formula is C44H80N16O13S. The van der Waals surface area contributed by atoms with Crippen LogP contribution >= 0.6 is 11.8 Å². The van der Waals surface area contributed by atoms with Crippen LogP contribution in [-0.2, 0) is 52.7 Å². The van der Waals surface area contributed by atoms with Crippen molar-refractivity contribution in [3.63, 3.8) is 0 Å². The summed E-state index contributed by atoms with van der Waals surface area (Å²) in [5.41, 5.74) is 33.0. The first kappa shape index (κ1) is 67.0. The number of rotatable bonds is 37. The number of thioether (sulfide) groups is 1. The van der Waals surface area contributed by atoms with Crippen LogP contribution in [0.5, 0.6) is 0 Å². The van der Waals surface area contributed by atoms with Gasteiger partial charge in [-0.25, -0.2) is 4.79 Å². The highest BCUT2D eigenvalue weighted by Gasteiger charge is 2.34. The predicted octanol–water partition coefficient (Wildman–Crippen LogP) is -4.99. The molecule has 9 amide bonds. The number of carbonyl (C=O) groups excluding carboxylic acids is 9.